The first-order valence-electron chi connectivity index (χ1n) is 10.5. The van der Waals surface area contributed by atoms with E-state index in [1.807, 2.05) is 49.4 Å². The number of rotatable bonds is 6. The molecule has 0 saturated heterocycles. The number of carbonyl (C=O) groups excluding carboxylic acids is 2. The monoisotopic (exact) mass is 450 g/mol. The van der Waals surface area contributed by atoms with Crippen LogP contribution in [0.4, 0.5) is 0 Å². The lowest BCUT2D eigenvalue weighted by Crippen LogP contribution is -2.31. The zero-order valence-electron chi connectivity index (χ0n) is 18.5. The molecule has 2 amide bonds. The lowest BCUT2D eigenvalue weighted by atomic mass is 10.1. The molecule has 3 aromatic rings. The molecule has 4 N–H and O–H groups in total. The predicted molar refractivity (Wildman–Crippen MR) is 123 cm³/mol. The van der Waals surface area contributed by atoms with Crippen molar-refractivity contribution in [3.05, 3.63) is 59.9 Å². The molecule has 33 heavy (non-hydrogen) atoms. The van der Waals surface area contributed by atoms with E-state index in [9.17, 15) is 9.59 Å². The number of H-pyrrole nitrogens is 1. The molecule has 0 bridgehead atoms. The summed E-state index contributed by atoms with van der Waals surface area (Å²) in [5, 5.41) is 13.0. The van der Waals surface area contributed by atoms with E-state index < -0.39 is 5.97 Å². The minimum Gasteiger partial charge on any atom is -0.484 e. The Bertz CT molecular complexity index is 1150. The zero-order valence-corrected chi connectivity index (χ0v) is 18.5. The molecular formula is C24H26N4O5. The van der Waals surface area contributed by atoms with Crippen molar-refractivity contribution in [2.24, 2.45) is 0 Å². The Morgan fingerprint density at radius 2 is 1.97 bits per heavy atom. The number of aliphatic carboxylic acids is 1. The number of amides is 2. The van der Waals surface area contributed by atoms with Crippen LogP contribution in [0, 0.1) is 0 Å². The molecule has 0 fully saturated rings. The number of fused-ring (bicyclic) bond motifs is 1. The average Bonchev–Trinajstić information content (AvgIpc) is 3.24. The molecule has 2 aromatic heterocycles. The van der Waals surface area contributed by atoms with Gasteiger partial charge in [0.15, 0.2) is 6.61 Å². The first-order valence-corrected chi connectivity index (χ1v) is 10.5. The van der Waals surface area contributed by atoms with Gasteiger partial charge in [0.05, 0.1) is 11.3 Å². The van der Waals surface area contributed by atoms with Crippen molar-refractivity contribution >= 4 is 17.8 Å². The third-order valence-corrected chi connectivity index (χ3v) is 4.75. The molecule has 0 unspecified atom stereocenters. The van der Waals surface area contributed by atoms with Crippen molar-refractivity contribution in [3.63, 3.8) is 0 Å². The number of carbonyl (C=O) groups is 3. The third-order valence-electron chi connectivity index (χ3n) is 4.75. The van der Waals surface area contributed by atoms with Gasteiger partial charge < -0.3 is 25.5 Å². The second-order valence-electron chi connectivity index (χ2n) is 7.30. The summed E-state index contributed by atoms with van der Waals surface area (Å²) < 4.78 is 5.57. The van der Waals surface area contributed by atoms with E-state index in [-0.39, 0.29) is 18.4 Å². The highest BCUT2D eigenvalue weighted by atomic mass is 16.5. The highest BCUT2D eigenvalue weighted by molar-refractivity contribution is 5.97. The second-order valence-corrected chi connectivity index (χ2v) is 7.30. The number of benzene rings is 1. The molecular weight excluding hydrogens is 424 g/mol. The van der Waals surface area contributed by atoms with Gasteiger partial charge in [-0.1, -0.05) is 12.1 Å². The fourth-order valence-corrected chi connectivity index (χ4v) is 3.35. The second kappa shape index (κ2) is 10.9. The van der Waals surface area contributed by atoms with Gasteiger partial charge in [-0.05, 0) is 37.3 Å². The van der Waals surface area contributed by atoms with Crippen LogP contribution < -0.4 is 15.4 Å². The van der Waals surface area contributed by atoms with E-state index in [1.165, 1.54) is 0 Å². The van der Waals surface area contributed by atoms with Gasteiger partial charge >= 0.3 is 0 Å². The van der Waals surface area contributed by atoms with Gasteiger partial charge in [0, 0.05) is 55.1 Å². The summed E-state index contributed by atoms with van der Waals surface area (Å²) in [5.74, 6) is -0.425. The first-order chi connectivity index (χ1) is 15.9. The summed E-state index contributed by atoms with van der Waals surface area (Å²) >= 11 is 0. The Morgan fingerprint density at radius 3 is 2.70 bits per heavy atom. The molecule has 9 nitrogen and oxygen atoms in total. The molecule has 1 aliphatic rings. The van der Waals surface area contributed by atoms with Gasteiger partial charge in [0.25, 0.3) is 17.8 Å². The summed E-state index contributed by atoms with van der Waals surface area (Å²) in [7, 11) is 0. The Morgan fingerprint density at radius 1 is 1.18 bits per heavy atom. The van der Waals surface area contributed by atoms with Crippen LogP contribution in [0.3, 0.4) is 0 Å². The summed E-state index contributed by atoms with van der Waals surface area (Å²) in [4.78, 5) is 40.4. The zero-order chi connectivity index (χ0) is 23.8. The number of carboxylic acids is 1. The van der Waals surface area contributed by atoms with Crippen LogP contribution in [0.2, 0.25) is 0 Å². The van der Waals surface area contributed by atoms with Crippen LogP contribution in [0.5, 0.6) is 5.75 Å². The van der Waals surface area contributed by atoms with Gasteiger partial charge in [0.2, 0.25) is 0 Å². The smallest absolute Gasteiger partial charge is 0.300 e. The van der Waals surface area contributed by atoms with Crippen molar-refractivity contribution in [2.45, 2.75) is 20.3 Å². The minimum absolute atomic E-state index is 0.0269. The van der Waals surface area contributed by atoms with E-state index in [1.54, 1.807) is 6.20 Å². The molecule has 4 rings (SSSR count). The summed E-state index contributed by atoms with van der Waals surface area (Å²) in [6.45, 7) is 4.14. The average molecular weight is 450 g/mol. The van der Waals surface area contributed by atoms with Crippen LogP contribution in [-0.2, 0) is 16.0 Å². The Balaban J connectivity index is 0.000000709. The number of aromatic amines is 1. The van der Waals surface area contributed by atoms with E-state index in [0.717, 1.165) is 41.6 Å². The highest BCUT2D eigenvalue weighted by Crippen LogP contribution is 2.28. The molecule has 0 aliphatic carbocycles. The van der Waals surface area contributed by atoms with E-state index >= 15 is 0 Å². The van der Waals surface area contributed by atoms with E-state index in [0.29, 0.717) is 24.4 Å². The summed E-state index contributed by atoms with van der Waals surface area (Å²) in [6.07, 6.45) is 2.54. The minimum atomic E-state index is -0.833. The lowest BCUT2D eigenvalue weighted by Gasteiger charge is -2.11. The van der Waals surface area contributed by atoms with Gasteiger partial charge in [-0.3, -0.25) is 19.4 Å². The predicted octanol–water partition coefficient (Wildman–Crippen LogP) is 2.64. The third kappa shape index (κ3) is 6.42. The van der Waals surface area contributed by atoms with Crippen molar-refractivity contribution in [2.75, 3.05) is 19.7 Å². The number of likely N-dealkylation sites (N-methyl/N-ethyl adjacent to an activating group) is 1. The van der Waals surface area contributed by atoms with Crippen molar-refractivity contribution in [1.29, 1.82) is 0 Å². The molecule has 0 saturated carbocycles. The fraction of sp³-hybridized carbons (Fsp3) is 0.250. The molecule has 1 aliphatic heterocycles. The molecule has 9 heteroatoms. The number of hydrogen-bond donors (Lipinski definition) is 4. The first kappa shape index (κ1) is 23.5. The van der Waals surface area contributed by atoms with Crippen LogP contribution >= 0.6 is 0 Å². The van der Waals surface area contributed by atoms with E-state index in [4.69, 9.17) is 14.6 Å². The molecule has 0 spiro atoms. The lowest BCUT2D eigenvalue weighted by molar-refractivity contribution is -0.134. The largest absolute Gasteiger partial charge is 0.484 e. The fourth-order valence-electron chi connectivity index (χ4n) is 3.35. The molecule has 172 valence electrons. The van der Waals surface area contributed by atoms with E-state index in [2.05, 4.69) is 20.6 Å². The number of nitrogens with one attached hydrogen (secondary N) is 3. The Hall–Kier alpha value is -4.14. The van der Waals surface area contributed by atoms with Crippen LogP contribution in [0.1, 0.15) is 29.9 Å². The van der Waals surface area contributed by atoms with Gasteiger partial charge in [-0.25, -0.2) is 0 Å². The van der Waals surface area contributed by atoms with Gasteiger partial charge in [0.1, 0.15) is 5.75 Å². The number of carboxylic acid groups (broad SMARTS) is 1. The molecule has 1 aromatic carbocycles. The molecule has 3 heterocycles. The number of aromatic nitrogens is 2. The quantitative estimate of drug-likeness (QED) is 0.456. The SMILES string of the molecule is CC(=O)O.CCNC(=O)COc1cccc(-c2cc(-c3cc4c([nH]3)CCNC4=O)ccn2)c1. The van der Waals surface area contributed by atoms with Crippen LogP contribution in [-0.4, -0.2) is 52.6 Å². The van der Waals surface area contributed by atoms with Gasteiger partial charge in [-0.15, -0.1) is 0 Å². The maximum absolute atomic E-state index is 12.0. The number of hydrogen-bond acceptors (Lipinski definition) is 5. The van der Waals surface area contributed by atoms with Gasteiger partial charge in [-0.2, -0.15) is 0 Å². The molecule has 0 atom stereocenters. The summed E-state index contributed by atoms with van der Waals surface area (Å²) in [6, 6.07) is 13.2. The normalized spacial score (nSPS) is 12.0. The molecule has 0 radical (unpaired) electrons. The van der Waals surface area contributed by atoms with Crippen molar-refractivity contribution in [3.8, 4) is 28.3 Å². The standard InChI is InChI=1S/C22H22N4O3.C2H4O2/c1-2-23-21(27)13-29-16-5-3-4-14(10-16)19-11-15(6-8-24-19)20-12-17-18(26-20)7-9-25-22(17)28;1-2(3)4/h3-6,8,10-12,26H,2,7,9,13H2,1H3,(H,23,27)(H,25,28);1H3,(H,3,4). The topological polar surface area (TPSA) is 133 Å². The van der Waals surface area contributed by atoms with Crippen molar-refractivity contribution in [1.82, 2.24) is 20.6 Å². The number of nitrogens with zero attached hydrogens (tertiary/aromatic N) is 1. The number of pyridine rings is 1. The number of ether oxygens (including phenoxy) is 1. The van der Waals surface area contributed by atoms with Crippen LogP contribution in [0.15, 0.2) is 48.7 Å². The summed E-state index contributed by atoms with van der Waals surface area (Å²) in [5.41, 5.74) is 5.16. The maximum atomic E-state index is 12.0. The Labute approximate surface area is 191 Å². The van der Waals surface area contributed by atoms with Crippen LogP contribution in [0.25, 0.3) is 22.5 Å². The van der Waals surface area contributed by atoms with Crippen molar-refractivity contribution < 1.29 is 24.2 Å². The Kier molecular flexibility index (Phi) is 7.80. The highest BCUT2D eigenvalue weighted by Gasteiger charge is 2.20. The maximum Gasteiger partial charge on any atom is 0.300 e.